The molecule has 1 fully saturated rings. The molecule has 1 saturated carbocycles. The molecule has 1 aromatic heterocycles. The Morgan fingerprint density at radius 1 is 1.19 bits per heavy atom. The molecule has 0 atom stereocenters. The van der Waals surface area contributed by atoms with E-state index >= 15 is 0 Å². The maximum atomic E-state index is 14.0. The van der Waals surface area contributed by atoms with Gasteiger partial charge in [0.2, 0.25) is 5.88 Å². The molecule has 2 aromatic rings. The standard InChI is InChI=1S/C21H23FINO3/c1-26-21(25)10-14-2-7-18(8-3-14)27-20-9-6-17(13-24-20)15-4-5-16(12-23)19(22)11-15/h4-6,9,11,13-14,18H,2-3,7-8,10,12H2,1H3/t14-,18+. The summed E-state index contributed by atoms with van der Waals surface area (Å²) in [5, 5.41) is 0. The molecule has 0 N–H and O–H groups in total. The van der Waals surface area contributed by atoms with E-state index in [1.165, 1.54) is 7.11 Å². The second kappa shape index (κ2) is 9.48. The lowest BCUT2D eigenvalue weighted by Crippen LogP contribution is -2.25. The van der Waals surface area contributed by atoms with Gasteiger partial charge in [0.05, 0.1) is 7.11 Å². The third-order valence-corrected chi connectivity index (χ3v) is 5.85. The second-order valence-corrected chi connectivity index (χ2v) is 7.63. The molecular weight excluding hydrogens is 460 g/mol. The summed E-state index contributed by atoms with van der Waals surface area (Å²) in [6.07, 6.45) is 6.07. The third-order valence-electron chi connectivity index (χ3n) is 5.03. The first-order chi connectivity index (χ1) is 13.1. The highest BCUT2D eigenvalue weighted by Gasteiger charge is 2.24. The fourth-order valence-corrected chi connectivity index (χ4v) is 4.02. The van der Waals surface area contributed by atoms with E-state index in [1.54, 1.807) is 12.3 Å². The molecule has 0 radical (unpaired) electrons. The summed E-state index contributed by atoms with van der Waals surface area (Å²) in [6, 6.07) is 9.02. The van der Waals surface area contributed by atoms with Crippen LogP contribution in [0.1, 0.15) is 37.7 Å². The van der Waals surface area contributed by atoms with Crippen molar-refractivity contribution in [2.75, 3.05) is 7.11 Å². The number of hydrogen-bond acceptors (Lipinski definition) is 4. The first-order valence-corrected chi connectivity index (χ1v) is 10.7. The number of aromatic nitrogens is 1. The predicted molar refractivity (Wildman–Crippen MR) is 110 cm³/mol. The van der Waals surface area contributed by atoms with E-state index in [1.807, 2.05) is 24.3 Å². The monoisotopic (exact) mass is 483 g/mol. The molecule has 0 aliphatic heterocycles. The van der Waals surface area contributed by atoms with Crippen molar-refractivity contribution in [1.29, 1.82) is 0 Å². The van der Waals surface area contributed by atoms with Crippen molar-refractivity contribution >= 4 is 28.6 Å². The van der Waals surface area contributed by atoms with E-state index in [0.29, 0.717) is 28.2 Å². The van der Waals surface area contributed by atoms with Crippen LogP contribution in [-0.4, -0.2) is 24.2 Å². The van der Waals surface area contributed by atoms with Gasteiger partial charge >= 0.3 is 5.97 Å². The van der Waals surface area contributed by atoms with Crippen LogP contribution in [-0.2, 0) is 14.0 Å². The topological polar surface area (TPSA) is 48.4 Å². The number of hydrogen-bond donors (Lipinski definition) is 0. The van der Waals surface area contributed by atoms with Crippen LogP contribution in [0, 0.1) is 11.7 Å². The zero-order chi connectivity index (χ0) is 19.2. The Kier molecular flexibility index (Phi) is 7.04. The molecule has 1 aliphatic carbocycles. The van der Waals surface area contributed by atoms with Crippen molar-refractivity contribution in [1.82, 2.24) is 4.98 Å². The van der Waals surface area contributed by atoms with Gasteiger partial charge in [-0.1, -0.05) is 34.7 Å². The molecule has 0 spiro atoms. The minimum absolute atomic E-state index is 0.123. The Bertz CT molecular complexity index is 773. The van der Waals surface area contributed by atoms with Crippen molar-refractivity contribution in [2.24, 2.45) is 5.92 Å². The minimum atomic E-state index is -0.189. The number of methoxy groups -OCH3 is 1. The Labute approximate surface area is 172 Å². The normalized spacial score (nSPS) is 19.5. The van der Waals surface area contributed by atoms with Gasteiger partial charge in [0.1, 0.15) is 11.9 Å². The Morgan fingerprint density at radius 3 is 2.52 bits per heavy atom. The smallest absolute Gasteiger partial charge is 0.305 e. The molecule has 6 heteroatoms. The van der Waals surface area contributed by atoms with E-state index in [4.69, 9.17) is 9.47 Å². The number of nitrogens with zero attached hydrogens (tertiary/aromatic N) is 1. The zero-order valence-electron chi connectivity index (χ0n) is 15.3. The quantitative estimate of drug-likeness (QED) is 0.317. The number of rotatable bonds is 6. The Balaban J connectivity index is 1.55. The van der Waals surface area contributed by atoms with Crippen molar-refractivity contribution < 1.29 is 18.7 Å². The summed E-state index contributed by atoms with van der Waals surface area (Å²) in [5.74, 6) is 0.637. The molecule has 0 unspecified atom stereocenters. The zero-order valence-corrected chi connectivity index (χ0v) is 17.4. The van der Waals surface area contributed by atoms with Gasteiger partial charge in [-0.25, -0.2) is 9.37 Å². The lowest BCUT2D eigenvalue weighted by Gasteiger charge is -2.28. The van der Waals surface area contributed by atoms with Crippen LogP contribution in [0.4, 0.5) is 4.39 Å². The highest BCUT2D eigenvalue weighted by molar-refractivity contribution is 14.1. The SMILES string of the molecule is COC(=O)C[C@H]1CC[C@@H](Oc2ccc(-c3ccc(CI)c(F)c3)cn2)CC1. The van der Waals surface area contributed by atoms with Gasteiger partial charge < -0.3 is 9.47 Å². The van der Waals surface area contributed by atoms with E-state index in [-0.39, 0.29) is 17.9 Å². The van der Waals surface area contributed by atoms with E-state index in [2.05, 4.69) is 27.6 Å². The highest BCUT2D eigenvalue weighted by Crippen LogP contribution is 2.30. The minimum Gasteiger partial charge on any atom is -0.474 e. The Morgan fingerprint density at radius 2 is 1.93 bits per heavy atom. The summed E-state index contributed by atoms with van der Waals surface area (Å²) in [4.78, 5) is 15.8. The molecule has 1 aromatic carbocycles. The van der Waals surface area contributed by atoms with Gasteiger partial charge in [0, 0.05) is 28.7 Å². The first kappa shape index (κ1) is 20.0. The Hall–Kier alpha value is -1.70. The maximum Gasteiger partial charge on any atom is 0.305 e. The highest BCUT2D eigenvalue weighted by atomic mass is 127. The molecule has 3 rings (SSSR count). The van der Waals surface area contributed by atoms with Gasteiger partial charge in [-0.3, -0.25) is 4.79 Å². The summed E-state index contributed by atoms with van der Waals surface area (Å²) < 4.78 is 25.4. The molecule has 4 nitrogen and oxygen atoms in total. The molecule has 1 aliphatic rings. The van der Waals surface area contributed by atoms with Crippen molar-refractivity contribution in [2.45, 2.75) is 42.6 Å². The molecule has 0 amide bonds. The van der Waals surface area contributed by atoms with Crippen molar-refractivity contribution in [3.8, 4) is 17.0 Å². The summed E-state index contributed by atoms with van der Waals surface area (Å²) >= 11 is 2.15. The van der Waals surface area contributed by atoms with Gasteiger partial charge in [0.25, 0.3) is 0 Å². The average Bonchev–Trinajstić information content (AvgIpc) is 2.70. The number of halogens is 2. The molecule has 144 valence electrons. The third kappa shape index (κ3) is 5.40. The lowest BCUT2D eigenvalue weighted by atomic mass is 9.85. The molecule has 27 heavy (non-hydrogen) atoms. The van der Waals surface area contributed by atoms with Gasteiger partial charge in [0.15, 0.2) is 0 Å². The fraction of sp³-hybridized carbons (Fsp3) is 0.429. The molecule has 0 bridgehead atoms. The van der Waals surface area contributed by atoms with Gasteiger partial charge in [-0.2, -0.15) is 0 Å². The van der Waals surface area contributed by atoms with E-state index < -0.39 is 0 Å². The molecule has 0 saturated heterocycles. The van der Waals surface area contributed by atoms with Crippen LogP contribution in [0.15, 0.2) is 36.5 Å². The van der Waals surface area contributed by atoms with Crippen LogP contribution in [0.2, 0.25) is 0 Å². The van der Waals surface area contributed by atoms with Crippen molar-refractivity contribution in [3.05, 3.63) is 47.9 Å². The molecule has 1 heterocycles. The van der Waals surface area contributed by atoms with Crippen LogP contribution in [0.3, 0.4) is 0 Å². The second-order valence-electron chi connectivity index (χ2n) is 6.87. The largest absolute Gasteiger partial charge is 0.474 e. The number of esters is 1. The van der Waals surface area contributed by atoms with E-state index in [9.17, 15) is 9.18 Å². The maximum absolute atomic E-state index is 14.0. The molecular formula is C21H23FINO3. The van der Waals surface area contributed by atoms with Crippen LogP contribution >= 0.6 is 22.6 Å². The summed E-state index contributed by atoms with van der Waals surface area (Å²) in [7, 11) is 1.43. The number of benzene rings is 1. The lowest BCUT2D eigenvalue weighted by molar-refractivity contribution is -0.142. The van der Waals surface area contributed by atoms with Crippen LogP contribution in [0.25, 0.3) is 11.1 Å². The van der Waals surface area contributed by atoms with Crippen LogP contribution < -0.4 is 4.74 Å². The van der Waals surface area contributed by atoms with Crippen molar-refractivity contribution in [3.63, 3.8) is 0 Å². The summed E-state index contributed by atoms with van der Waals surface area (Å²) in [5.41, 5.74) is 2.38. The van der Waals surface area contributed by atoms with Gasteiger partial charge in [-0.15, -0.1) is 0 Å². The number of ether oxygens (including phenoxy) is 2. The first-order valence-electron chi connectivity index (χ1n) is 9.13. The number of alkyl halides is 1. The fourth-order valence-electron chi connectivity index (χ4n) is 3.40. The van der Waals surface area contributed by atoms with Crippen LogP contribution in [0.5, 0.6) is 5.88 Å². The average molecular weight is 483 g/mol. The predicted octanol–water partition coefficient (Wildman–Crippen LogP) is 5.32. The summed E-state index contributed by atoms with van der Waals surface area (Å²) in [6.45, 7) is 0. The number of carbonyl (C=O) groups excluding carboxylic acids is 1. The van der Waals surface area contributed by atoms with E-state index in [0.717, 1.165) is 36.8 Å². The van der Waals surface area contributed by atoms with Gasteiger partial charge in [-0.05, 0) is 54.9 Å². The number of carbonyl (C=O) groups is 1. The number of pyridine rings is 1.